The number of para-hydroxylation sites is 1. The number of nitrogens with zero attached hydrogens (tertiary/aromatic N) is 2. The number of anilines is 2. The van der Waals surface area contributed by atoms with E-state index >= 15 is 0 Å². The van der Waals surface area contributed by atoms with Crippen LogP contribution in [0, 0.1) is 6.92 Å². The number of rotatable bonds is 13. The summed E-state index contributed by atoms with van der Waals surface area (Å²) >= 11 is 0. The molecule has 0 bridgehead atoms. The van der Waals surface area contributed by atoms with Gasteiger partial charge in [0.05, 0.1) is 30.4 Å². The third kappa shape index (κ3) is 9.31. The van der Waals surface area contributed by atoms with E-state index in [1.165, 1.54) is 12.1 Å². The number of carbonyl (C=O) groups is 2. The molecule has 3 saturated heterocycles. The first-order chi connectivity index (χ1) is 29.1. The summed E-state index contributed by atoms with van der Waals surface area (Å²) in [6.07, 6.45) is 0.960. The summed E-state index contributed by atoms with van der Waals surface area (Å²) in [4.78, 5) is 31.8. The molecule has 1 spiro atoms. The number of nitrogens with one attached hydrogen (secondary N) is 3. The van der Waals surface area contributed by atoms with Crippen LogP contribution in [0.2, 0.25) is 0 Å². The molecular weight excluding hydrogens is 779 g/mol. The van der Waals surface area contributed by atoms with Crippen LogP contribution in [-0.4, -0.2) is 74.2 Å². The van der Waals surface area contributed by atoms with Crippen molar-refractivity contribution in [1.29, 1.82) is 0 Å². The van der Waals surface area contributed by atoms with E-state index in [1.54, 1.807) is 24.3 Å². The highest BCUT2D eigenvalue weighted by Gasteiger charge is 2.50. The first kappa shape index (κ1) is 41.3. The summed E-state index contributed by atoms with van der Waals surface area (Å²) in [5.41, 5.74) is 5.22. The van der Waals surface area contributed by atoms with E-state index in [0.717, 1.165) is 46.6 Å². The van der Waals surface area contributed by atoms with Crippen molar-refractivity contribution < 1.29 is 32.6 Å². The van der Waals surface area contributed by atoms with E-state index in [-0.39, 0.29) is 36.0 Å². The fourth-order valence-corrected chi connectivity index (χ4v) is 9.62. The Balaban J connectivity index is 0.965. The maximum Gasteiger partial charge on any atom is 0.247 e. The van der Waals surface area contributed by atoms with Crippen LogP contribution in [-0.2, 0) is 42.1 Å². The Hall–Kier alpha value is -5.41. The predicted octanol–water partition coefficient (Wildman–Crippen LogP) is 5.99. The molecule has 5 aromatic rings. The van der Waals surface area contributed by atoms with Gasteiger partial charge in [-0.1, -0.05) is 103 Å². The largest absolute Gasteiger partial charge is 0.392 e. The summed E-state index contributed by atoms with van der Waals surface area (Å²) < 4.78 is 42.8. The normalized spacial score (nSPS) is 21.1. The number of sulfonamides is 1. The lowest BCUT2D eigenvalue weighted by Crippen LogP contribution is -2.57. The summed E-state index contributed by atoms with van der Waals surface area (Å²) in [5, 5.41) is 15.7. The average molecular weight is 830 g/mol. The van der Waals surface area contributed by atoms with Crippen LogP contribution in [0.1, 0.15) is 59.5 Å². The van der Waals surface area contributed by atoms with Crippen molar-refractivity contribution in [2.75, 3.05) is 36.5 Å². The van der Waals surface area contributed by atoms with Crippen molar-refractivity contribution in [3.63, 3.8) is 0 Å². The van der Waals surface area contributed by atoms with Gasteiger partial charge in [0.1, 0.15) is 11.6 Å². The van der Waals surface area contributed by atoms with Crippen molar-refractivity contribution in [3.8, 4) is 0 Å². The zero-order chi connectivity index (χ0) is 41.7. The van der Waals surface area contributed by atoms with Crippen molar-refractivity contribution >= 4 is 33.2 Å². The summed E-state index contributed by atoms with van der Waals surface area (Å²) in [6, 6.07) is 39.8. The third-order valence-electron chi connectivity index (χ3n) is 11.8. The molecule has 4 N–H and O–H groups in total. The summed E-state index contributed by atoms with van der Waals surface area (Å²) in [5.74, 6) is -0.418. The number of likely N-dealkylation sites (tertiary alicyclic amines) is 1. The molecule has 3 aliphatic rings. The lowest BCUT2D eigenvalue weighted by atomic mass is 9.85. The molecule has 13 heteroatoms. The van der Waals surface area contributed by atoms with Gasteiger partial charge in [-0.3, -0.25) is 9.59 Å². The number of aliphatic hydroxyl groups is 1. The minimum Gasteiger partial charge on any atom is -0.392 e. The molecule has 3 fully saturated rings. The number of carbonyl (C=O) groups excluding carboxylic acids is 2. The van der Waals surface area contributed by atoms with Gasteiger partial charge in [0.15, 0.2) is 6.29 Å². The second-order valence-corrected chi connectivity index (χ2v) is 17.6. The number of aliphatic hydroxyl groups excluding tert-OH is 1. The van der Waals surface area contributed by atoms with Gasteiger partial charge in [-0.2, -0.15) is 4.72 Å². The summed E-state index contributed by atoms with van der Waals surface area (Å²) in [6.45, 7) is 4.45. The van der Waals surface area contributed by atoms with Gasteiger partial charge in [-0.25, -0.2) is 8.42 Å². The fourth-order valence-electron chi connectivity index (χ4n) is 8.42. The molecular formula is C47H51N5O7S. The van der Waals surface area contributed by atoms with Crippen molar-refractivity contribution in [2.45, 2.75) is 74.2 Å². The standard InChI is InChI=1S/C47H51N5O7S/c1-33-12-22-41(23-13-33)60(56,57)50-42(28-34-8-4-2-5-9-34)44(54)49-38-20-18-37(19-21-38)45-58-40(29-43(59-45)36-16-14-35(31-53)15-17-36)30-51-26-24-47(25-27-51)46(55)48-32-52(47)39-10-6-3-7-11-39/h2-23,40,42-43,45,50,53H,24-32H2,1H3,(H,48,55)(H,49,54)/t40-,42-,43+,45+/m1/s1. The minimum absolute atomic E-state index is 0.0507. The number of ether oxygens (including phenoxy) is 2. The number of aryl methyl sites for hydroxylation is 1. The van der Waals surface area contributed by atoms with E-state index in [0.29, 0.717) is 38.2 Å². The van der Waals surface area contributed by atoms with Crippen LogP contribution in [0.3, 0.4) is 0 Å². The molecule has 2 amide bonds. The first-order valence-corrected chi connectivity index (χ1v) is 21.9. The minimum atomic E-state index is -4.01. The molecule has 5 aromatic carbocycles. The van der Waals surface area contributed by atoms with E-state index in [2.05, 4.69) is 37.3 Å². The highest BCUT2D eigenvalue weighted by Crippen LogP contribution is 2.40. The van der Waals surface area contributed by atoms with Crippen LogP contribution in [0.5, 0.6) is 0 Å². The van der Waals surface area contributed by atoms with Crippen molar-refractivity contribution in [1.82, 2.24) is 14.9 Å². The fraction of sp³-hybridized carbons (Fsp3) is 0.319. The van der Waals surface area contributed by atoms with Crippen LogP contribution in [0.4, 0.5) is 11.4 Å². The first-order valence-electron chi connectivity index (χ1n) is 20.5. The molecule has 3 heterocycles. The SMILES string of the molecule is Cc1ccc(S(=O)(=O)N[C@H](Cc2ccccc2)C(=O)Nc2ccc([C@H]3O[C@@H](CN4CCC5(CC4)C(=O)NCN5c4ccccc4)C[C@@H](c4ccc(CO)cc4)O3)cc2)cc1. The van der Waals surface area contributed by atoms with Gasteiger partial charge in [0, 0.05) is 43.0 Å². The molecule has 12 nitrogen and oxygen atoms in total. The number of piperidine rings is 1. The second kappa shape index (κ2) is 18.1. The smallest absolute Gasteiger partial charge is 0.247 e. The Morgan fingerprint density at radius 1 is 0.833 bits per heavy atom. The zero-order valence-electron chi connectivity index (χ0n) is 33.6. The number of hydrogen-bond donors (Lipinski definition) is 4. The molecule has 3 aliphatic heterocycles. The van der Waals surface area contributed by atoms with Gasteiger partial charge in [-0.05, 0) is 79.3 Å². The number of hydrogen-bond acceptors (Lipinski definition) is 9. The lowest BCUT2D eigenvalue weighted by molar-refractivity contribution is -0.253. The van der Waals surface area contributed by atoms with Crippen LogP contribution >= 0.6 is 0 Å². The molecule has 0 aromatic heterocycles. The van der Waals surface area contributed by atoms with Crippen molar-refractivity contribution in [2.24, 2.45) is 0 Å². The number of benzene rings is 5. The van der Waals surface area contributed by atoms with Gasteiger partial charge >= 0.3 is 0 Å². The van der Waals surface area contributed by atoms with Crippen LogP contribution in [0.15, 0.2) is 138 Å². The van der Waals surface area contributed by atoms with Crippen molar-refractivity contribution in [3.05, 3.63) is 161 Å². The predicted molar refractivity (Wildman–Crippen MR) is 229 cm³/mol. The molecule has 4 atom stereocenters. The molecule has 0 radical (unpaired) electrons. The Morgan fingerprint density at radius 3 is 2.15 bits per heavy atom. The van der Waals surface area contributed by atoms with Gasteiger partial charge in [0.2, 0.25) is 21.8 Å². The van der Waals surface area contributed by atoms with Gasteiger partial charge in [0.25, 0.3) is 0 Å². The molecule has 8 rings (SSSR count). The Morgan fingerprint density at radius 2 is 1.48 bits per heavy atom. The topological polar surface area (TPSA) is 150 Å². The van der Waals surface area contributed by atoms with Gasteiger partial charge < -0.3 is 35.0 Å². The monoisotopic (exact) mass is 829 g/mol. The molecule has 0 unspecified atom stereocenters. The average Bonchev–Trinajstić information content (AvgIpc) is 3.59. The Bertz CT molecular complexity index is 2340. The maximum absolute atomic E-state index is 13.8. The van der Waals surface area contributed by atoms with Crippen LogP contribution < -0.4 is 20.3 Å². The van der Waals surface area contributed by atoms with Gasteiger partial charge in [-0.15, -0.1) is 0 Å². The zero-order valence-corrected chi connectivity index (χ0v) is 34.4. The second-order valence-electron chi connectivity index (χ2n) is 15.9. The molecule has 0 saturated carbocycles. The molecule has 312 valence electrons. The van der Waals surface area contributed by atoms with E-state index in [9.17, 15) is 23.1 Å². The molecule has 0 aliphatic carbocycles. The van der Waals surface area contributed by atoms with E-state index < -0.39 is 33.8 Å². The Labute approximate surface area is 351 Å². The van der Waals surface area contributed by atoms with Crippen LogP contribution in [0.25, 0.3) is 0 Å². The Kier molecular flexibility index (Phi) is 12.4. The highest BCUT2D eigenvalue weighted by molar-refractivity contribution is 7.89. The maximum atomic E-state index is 13.8. The quantitative estimate of drug-likeness (QED) is 0.112. The lowest BCUT2D eigenvalue weighted by Gasteiger charge is -2.45. The van der Waals surface area contributed by atoms with E-state index in [4.69, 9.17) is 9.47 Å². The number of amides is 2. The van der Waals surface area contributed by atoms with E-state index in [1.807, 2.05) is 91.9 Å². The molecule has 60 heavy (non-hydrogen) atoms. The summed E-state index contributed by atoms with van der Waals surface area (Å²) in [7, 11) is -4.01. The highest BCUT2D eigenvalue weighted by atomic mass is 32.2. The third-order valence-corrected chi connectivity index (χ3v) is 13.3.